The van der Waals surface area contributed by atoms with E-state index in [1.807, 2.05) is 29.2 Å². The number of fused-ring (bicyclic) bond motifs is 1. The van der Waals surface area contributed by atoms with Crippen molar-refractivity contribution in [1.29, 1.82) is 5.41 Å². The number of anilines is 1. The Labute approximate surface area is 118 Å². The SMILES string of the molecule is CC(C)CN(CCC(=N)N)c1nnc2ccccc2n1. The lowest BCUT2D eigenvalue weighted by Crippen LogP contribution is -2.32. The van der Waals surface area contributed by atoms with Gasteiger partial charge >= 0.3 is 0 Å². The number of nitrogens with two attached hydrogens (primary N) is 1. The fourth-order valence-corrected chi connectivity index (χ4v) is 1.98. The van der Waals surface area contributed by atoms with Crippen molar-refractivity contribution in [2.24, 2.45) is 11.7 Å². The summed E-state index contributed by atoms with van der Waals surface area (Å²) in [5, 5.41) is 15.7. The molecule has 6 nitrogen and oxygen atoms in total. The lowest BCUT2D eigenvalue weighted by molar-refractivity contribution is 0.601. The van der Waals surface area contributed by atoms with Crippen LogP contribution in [0.15, 0.2) is 24.3 Å². The smallest absolute Gasteiger partial charge is 0.245 e. The topological polar surface area (TPSA) is 91.8 Å². The van der Waals surface area contributed by atoms with Gasteiger partial charge in [-0.2, -0.15) is 0 Å². The van der Waals surface area contributed by atoms with Crippen LogP contribution in [0.5, 0.6) is 0 Å². The molecule has 3 N–H and O–H groups in total. The molecule has 6 heteroatoms. The largest absolute Gasteiger partial charge is 0.388 e. The minimum Gasteiger partial charge on any atom is -0.388 e. The Bertz CT molecular complexity index is 595. The van der Waals surface area contributed by atoms with Crippen molar-refractivity contribution in [3.63, 3.8) is 0 Å². The van der Waals surface area contributed by atoms with E-state index in [0.717, 1.165) is 17.6 Å². The van der Waals surface area contributed by atoms with Crippen LogP contribution in [0.2, 0.25) is 0 Å². The van der Waals surface area contributed by atoms with Crippen molar-refractivity contribution in [2.75, 3.05) is 18.0 Å². The summed E-state index contributed by atoms with van der Waals surface area (Å²) >= 11 is 0. The monoisotopic (exact) mass is 272 g/mol. The Kier molecular flexibility index (Phi) is 4.45. The molecule has 1 aromatic heterocycles. The molecule has 0 saturated carbocycles. The minimum absolute atomic E-state index is 0.174. The van der Waals surface area contributed by atoms with E-state index in [0.29, 0.717) is 24.8 Å². The van der Waals surface area contributed by atoms with Crippen LogP contribution < -0.4 is 10.6 Å². The van der Waals surface area contributed by atoms with Gasteiger partial charge in [-0.05, 0) is 18.1 Å². The first-order valence-electron chi connectivity index (χ1n) is 6.73. The van der Waals surface area contributed by atoms with E-state index in [1.54, 1.807) is 0 Å². The summed E-state index contributed by atoms with van der Waals surface area (Å²) in [6.07, 6.45) is 0.503. The summed E-state index contributed by atoms with van der Waals surface area (Å²) in [5.41, 5.74) is 7.05. The van der Waals surface area contributed by atoms with Gasteiger partial charge in [0.25, 0.3) is 0 Å². The van der Waals surface area contributed by atoms with E-state index in [-0.39, 0.29) is 5.84 Å². The summed E-state index contributed by atoms with van der Waals surface area (Å²) in [5.74, 6) is 1.24. The Morgan fingerprint density at radius 3 is 2.60 bits per heavy atom. The number of aromatic nitrogens is 3. The lowest BCUT2D eigenvalue weighted by atomic mass is 10.2. The minimum atomic E-state index is 0.174. The molecule has 0 amide bonds. The Hall–Kier alpha value is -2.24. The molecule has 0 spiro atoms. The average molecular weight is 272 g/mol. The first kappa shape index (κ1) is 14.2. The van der Waals surface area contributed by atoms with Gasteiger partial charge in [0.1, 0.15) is 5.52 Å². The Balaban J connectivity index is 2.26. The maximum Gasteiger partial charge on any atom is 0.245 e. The molecule has 1 heterocycles. The van der Waals surface area contributed by atoms with Gasteiger partial charge in [0.05, 0.1) is 11.4 Å². The first-order valence-corrected chi connectivity index (χ1v) is 6.73. The third-order valence-corrected chi connectivity index (χ3v) is 2.87. The van der Waals surface area contributed by atoms with Crippen LogP contribution in [0.4, 0.5) is 5.95 Å². The van der Waals surface area contributed by atoms with Crippen molar-refractivity contribution in [1.82, 2.24) is 15.2 Å². The van der Waals surface area contributed by atoms with Gasteiger partial charge in [0, 0.05) is 19.5 Å². The van der Waals surface area contributed by atoms with Gasteiger partial charge in [-0.25, -0.2) is 4.98 Å². The van der Waals surface area contributed by atoms with E-state index < -0.39 is 0 Å². The number of amidine groups is 1. The molecule has 2 aromatic rings. The molecule has 0 unspecified atom stereocenters. The van der Waals surface area contributed by atoms with Gasteiger partial charge in [-0.15, -0.1) is 10.2 Å². The lowest BCUT2D eigenvalue weighted by Gasteiger charge is -2.23. The fraction of sp³-hybridized carbons (Fsp3) is 0.429. The number of benzene rings is 1. The maximum atomic E-state index is 7.36. The van der Waals surface area contributed by atoms with Crippen molar-refractivity contribution >= 4 is 22.8 Å². The van der Waals surface area contributed by atoms with Crippen molar-refractivity contribution in [3.8, 4) is 0 Å². The van der Waals surface area contributed by atoms with Gasteiger partial charge in [-0.1, -0.05) is 26.0 Å². The Morgan fingerprint density at radius 1 is 1.25 bits per heavy atom. The summed E-state index contributed by atoms with van der Waals surface area (Å²) < 4.78 is 0. The molecule has 0 atom stereocenters. The number of hydrogen-bond donors (Lipinski definition) is 2. The second-order valence-electron chi connectivity index (χ2n) is 5.22. The molecular formula is C14H20N6. The molecule has 0 fully saturated rings. The van der Waals surface area contributed by atoms with Crippen molar-refractivity contribution in [2.45, 2.75) is 20.3 Å². The van der Waals surface area contributed by atoms with Crippen LogP contribution in [0, 0.1) is 11.3 Å². The third-order valence-electron chi connectivity index (χ3n) is 2.87. The number of nitrogens with zero attached hydrogens (tertiary/aromatic N) is 4. The second-order valence-corrected chi connectivity index (χ2v) is 5.22. The molecule has 0 aliphatic carbocycles. The summed E-state index contributed by atoms with van der Waals surface area (Å²) in [4.78, 5) is 6.58. The van der Waals surface area contributed by atoms with Gasteiger partial charge in [0.2, 0.25) is 5.95 Å². The van der Waals surface area contributed by atoms with Gasteiger partial charge in [-0.3, -0.25) is 5.41 Å². The molecular weight excluding hydrogens is 252 g/mol. The molecule has 0 radical (unpaired) electrons. The van der Waals surface area contributed by atoms with E-state index in [4.69, 9.17) is 11.1 Å². The van der Waals surface area contributed by atoms with E-state index >= 15 is 0 Å². The number of hydrogen-bond acceptors (Lipinski definition) is 5. The third kappa shape index (κ3) is 3.63. The summed E-state index contributed by atoms with van der Waals surface area (Å²) in [7, 11) is 0. The number of nitrogens with one attached hydrogen (secondary N) is 1. The fourth-order valence-electron chi connectivity index (χ4n) is 1.98. The zero-order valence-electron chi connectivity index (χ0n) is 11.9. The highest BCUT2D eigenvalue weighted by Gasteiger charge is 2.13. The molecule has 106 valence electrons. The summed E-state index contributed by atoms with van der Waals surface area (Å²) in [6.45, 7) is 5.71. The van der Waals surface area contributed by atoms with Crippen LogP contribution >= 0.6 is 0 Å². The van der Waals surface area contributed by atoms with Crippen molar-refractivity contribution in [3.05, 3.63) is 24.3 Å². The predicted octanol–water partition coefficient (Wildman–Crippen LogP) is 1.81. The van der Waals surface area contributed by atoms with Crippen molar-refractivity contribution < 1.29 is 0 Å². The van der Waals surface area contributed by atoms with Crippen LogP contribution in [-0.4, -0.2) is 34.1 Å². The molecule has 0 aliphatic rings. The number of para-hydroxylation sites is 1. The molecule has 1 aromatic carbocycles. The molecule has 2 rings (SSSR count). The van der Waals surface area contributed by atoms with Crippen LogP contribution in [-0.2, 0) is 0 Å². The van der Waals surface area contributed by atoms with E-state index in [9.17, 15) is 0 Å². The van der Waals surface area contributed by atoms with Crippen LogP contribution in [0.1, 0.15) is 20.3 Å². The van der Waals surface area contributed by atoms with Gasteiger partial charge < -0.3 is 10.6 Å². The highest BCUT2D eigenvalue weighted by molar-refractivity contribution is 5.77. The van der Waals surface area contributed by atoms with Gasteiger partial charge in [0.15, 0.2) is 0 Å². The highest BCUT2D eigenvalue weighted by Crippen LogP contribution is 2.14. The van der Waals surface area contributed by atoms with E-state index in [2.05, 4.69) is 29.0 Å². The number of rotatable bonds is 6. The second kappa shape index (κ2) is 6.27. The predicted molar refractivity (Wildman–Crippen MR) is 80.9 cm³/mol. The average Bonchev–Trinajstić information content (AvgIpc) is 2.42. The van der Waals surface area contributed by atoms with Crippen LogP contribution in [0.25, 0.3) is 11.0 Å². The standard InChI is InChI=1S/C14H20N6/c1-10(2)9-20(8-7-13(15)16)14-17-11-5-3-4-6-12(11)18-19-14/h3-6,10H,7-9H2,1-2H3,(H3,15,16). The molecule has 0 bridgehead atoms. The molecule has 0 aliphatic heterocycles. The normalized spacial score (nSPS) is 10.9. The highest BCUT2D eigenvalue weighted by atomic mass is 15.3. The molecule has 20 heavy (non-hydrogen) atoms. The van der Waals surface area contributed by atoms with E-state index in [1.165, 1.54) is 0 Å². The Morgan fingerprint density at radius 2 is 1.95 bits per heavy atom. The summed E-state index contributed by atoms with van der Waals surface area (Å²) in [6, 6.07) is 7.66. The maximum absolute atomic E-state index is 7.36. The molecule has 0 saturated heterocycles. The first-order chi connectivity index (χ1) is 9.56. The van der Waals surface area contributed by atoms with Crippen LogP contribution in [0.3, 0.4) is 0 Å². The zero-order chi connectivity index (χ0) is 14.5. The quantitative estimate of drug-likeness (QED) is 0.618. The zero-order valence-corrected chi connectivity index (χ0v) is 11.9.